The van der Waals surface area contributed by atoms with Crippen LogP contribution in [0.4, 0.5) is 0 Å². The number of nitrogens with one attached hydrogen (secondary N) is 16. The van der Waals surface area contributed by atoms with E-state index in [4.69, 9.17) is 37.8 Å². The molecule has 0 spiro atoms. The molecule has 137 heavy (non-hydrogen) atoms. The van der Waals surface area contributed by atoms with E-state index in [2.05, 4.69) is 84.4 Å². The van der Waals surface area contributed by atoms with Crippen LogP contribution in [0, 0.1) is 12.3 Å². The van der Waals surface area contributed by atoms with Crippen LogP contribution in [0.3, 0.4) is 0 Å². The standard InChI is InChI=1S/C91H122N22O22S2/c1-48-16-14-20-59-57(46-100-72(48)59)42-64-79(125)102-60(21-12-13-33-98-50(3)115)77(123)111-75(90(7,8)137-136-89(5,6)74(101-51(4)116)84(130)107-66(44-69(93)118)81(127)110-73(49(2)114)83(129)105-64)85(131)106-62(39-52-23-26-58(27-24-52)135-37-34-99-88(95)96)78(124)103-63(40-53-22-25-55-18-10-11-19-56(55)38-53)82(128)112-91(30-35-134-36-31-91)87(133)109-61(28-29-71(120)121)76(122)104-65(43-68(92)117)80(126)108-67(41-54-17-15-32-97-45-54)86(132)113(9)47-70(94)119/h10-11,14-20,22-27,32,38,45-46,49,60-67,73-75,100,114H,12-13,21,28-31,33-37,39-44,47H2,1-9H3,(H2,92,117)(H2,93,118)(H2,94,119)(H,98,115)(H,101,116)(H,102,125)(H,103,124)(H,104,122)(H,105,129)(H,106,131)(H,107,130)(H,108,126)(H,109,133)(H,110,127)(H,111,123)(H,112,128)(H,120,121)(H4,95,96,99)/t49-,60+,61+,62+,63+,64+,65+,66+,67+,73+,74-,75-/m1/s1. The van der Waals surface area contributed by atoms with Crippen LogP contribution in [0.15, 0.2) is 116 Å². The number of primary amides is 3. The molecule has 2 saturated heterocycles. The van der Waals surface area contributed by atoms with Crippen LogP contribution in [0.5, 0.6) is 5.75 Å². The molecule has 2 aliphatic heterocycles. The Labute approximate surface area is 797 Å². The van der Waals surface area contributed by atoms with Crippen molar-refractivity contribution in [2.75, 3.05) is 46.5 Å². The summed E-state index contributed by atoms with van der Waals surface area (Å²) in [4.78, 5) is 267. The smallest absolute Gasteiger partial charge is 0.303 e. The molecule has 17 amide bonds. The molecule has 12 atom stereocenters. The molecular weight excluding hydrogens is 1820 g/mol. The second-order valence-corrected chi connectivity index (χ2v) is 38.2. The summed E-state index contributed by atoms with van der Waals surface area (Å²) in [6.45, 7) is 10.5. The first kappa shape index (κ1) is 108. The molecule has 0 bridgehead atoms. The van der Waals surface area contributed by atoms with Crippen molar-refractivity contribution in [3.63, 3.8) is 0 Å². The number of pyridine rings is 1. The predicted octanol–water partition coefficient (Wildman–Crippen LogP) is -2.63. The number of aliphatic hydroxyl groups is 1. The number of carboxylic acids is 1. The number of carbonyl (C=O) groups excluding carboxylic acids is 17. The number of H-pyrrole nitrogens is 1. The van der Waals surface area contributed by atoms with Crippen LogP contribution in [-0.2, 0) is 117 Å². The lowest BCUT2D eigenvalue weighted by Gasteiger charge is -2.39. The number of guanidine groups is 1. The maximum absolute atomic E-state index is 16.4. The van der Waals surface area contributed by atoms with Crippen molar-refractivity contribution < 1.29 is 106 Å². The first-order valence-corrected chi connectivity index (χ1v) is 46.4. The number of carbonyl (C=O) groups is 18. The lowest BCUT2D eigenvalue weighted by molar-refractivity contribution is -0.142. The van der Waals surface area contributed by atoms with Crippen LogP contribution in [0.25, 0.3) is 21.7 Å². The Morgan fingerprint density at radius 3 is 1.88 bits per heavy atom. The number of nitrogens with zero attached hydrogens (tertiary/aromatic N) is 2. The first-order valence-electron chi connectivity index (χ1n) is 44.3. The van der Waals surface area contributed by atoms with E-state index in [1.54, 1.807) is 79.0 Å². The minimum Gasteiger partial charge on any atom is -0.492 e. The number of aromatic nitrogens is 2. The average Bonchev–Trinajstić information content (AvgIpc) is 1.76. The fourth-order valence-corrected chi connectivity index (χ4v) is 18.1. The summed E-state index contributed by atoms with van der Waals surface area (Å²) in [5, 5.41) is 67.9. The SMILES string of the molecule is CC(=O)NCCCC[C@@H]1NC(=O)[C@H](Cc2c[nH]c3c(C)cccc23)NC(=O)[C@H]([C@@H](C)O)NC(=O)[C@H](CC(N)=O)NC(=O)[C@@H](NC(C)=O)C(C)(C)SSC(C)(C)[C@@H](C(=O)N[C@@H](Cc2ccc(OCCNC(=N)N)cc2)C(=O)N[C@@H](Cc2ccc3ccccc3c2)C(=O)NC2(C(=O)N[C@@H](CCC(=O)O)C(=O)N[C@@H](CC(N)=O)C(=O)N[C@@H](Cc3cccnc3)C(=O)N(C)CC(N)=O)CCOCC2)NC1=O. The lowest BCUT2D eigenvalue weighted by atomic mass is 9.87. The van der Waals surface area contributed by atoms with Gasteiger partial charge in [-0.05, 0) is 124 Å². The van der Waals surface area contributed by atoms with E-state index < -0.39 is 227 Å². The molecule has 0 unspecified atom stereocenters. The average molecular weight is 1940 g/mol. The fraction of sp³-hybridized carbons (Fsp3) is 0.473. The summed E-state index contributed by atoms with van der Waals surface area (Å²) in [7, 11) is 2.98. The lowest BCUT2D eigenvalue weighted by Crippen LogP contribution is -2.67. The number of aliphatic hydroxyl groups excluding tert-OH is 1. The van der Waals surface area contributed by atoms with E-state index in [9.17, 15) is 67.7 Å². The third-order valence-corrected chi connectivity index (χ3v) is 26.9. The molecule has 0 saturated carbocycles. The molecule has 8 rings (SSSR count). The Hall–Kier alpha value is -14.0. The van der Waals surface area contributed by atoms with Gasteiger partial charge in [-0.3, -0.25) is 96.7 Å². The zero-order valence-corrected chi connectivity index (χ0v) is 79.0. The van der Waals surface area contributed by atoms with Crippen molar-refractivity contribution in [3.05, 3.63) is 143 Å². The highest BCUT2D eigenvalue weighted by Crippen LogP contribution is 2.47. The summed E-state index contributed by atoms with van der Waals surface area (Å²) < 4.78 is 8.34. The topological polar surface area (TPSA) is 694 Å². The third-order valence-electron chi connectivity index (χ3n) is 22.7. The fourth-order valence-electron chi connectivity index (χ4n) is 15.3. The Morgan fingerprint density at radius 2 is 1.23 bits per heavy atom. The summed E-state index contributed by atoms with van der Waals surface area (Å²) >= 11 is 0. The van der Waals surface area contributed by atoms with Gasteiger partial charge in [0.2, 0.25) is 100 Å². The number of benzene rings is 4. The zero-order valence-electron chi connectivity index (χ0n) is 77.4. The molecule has 2 aliphatic rings. The van der Waals surface area contributed by atoms with Gasteiger partial charge in [-0.25, -0.2) is 0 Å². The number of rotatable bonds is 41. The van der Waals surface area contributed by atoms with Gasteiger partial charge in [0, 0.05) is 125 Å². The van der Waals surface area contributed by atoms with Crippen LogP contribution in [-0.4, -0.2) is 272 Å². The molecule has 740 valence electrons. The number of ether oxygens (including phenoxy) is 2. The van der Waals surface area contributed by atoms with Gasteiger partial charge in [-0.1, -0.05) is 100 Å². The molecule has 44 nitrogen and oxygen atoms in total. The molecule has 2 fully saturated rings. The summed E-state index contributed by atoms with van der Waals surface area (Å²) in [6, 6.07) is 7.19. The van der Waals surface area contributed by atoms with Gasteiger partial charge >= 0.3 is 5.97 Å². The largest absolute Gasteiger partial charge is 0.492 e. The van der Waals surface area contributed by atoms with Gasteiger partial charge in [0.15, 0.2) is 5.96 Å². The van der Waals surface area contributed by atoms with Crippen molar-refractivity contribution in [1.82, 2.24) is 89.3 Å². The normalized spacial score (nSPS) is 19.3. The van der Waals surface area contributed by atoms with E-state index in [-0.39, 0.29) is 102 Å². The van der Waals surface area contributed by atoms with Crippen molar-refractivity contribution in [2.24, 2.45) is 22.9 Å². The number of carboxylic acid groups (broad SMARTS) is 1. The number of aromatic amines is 1. The summed E-state index contributed by atoms with van der Waals surface area (Å²) in [6.07, 6.45) is -2.79. The highest BCUT2D eigenvalue weighted by atomic mass is 33.1. The number of unbranched alkanes of at least 4 members (excludes halogenated alkanes) is 1. The van der Waals surface area contributed by atoms with Crippen LogP contribution in [0.1, 0.15) is 134 Å². The summed E-state index contributed by atoms with van der Waals surface area (Å²) in [5.74, 6) is -19.1. The number of fused-ring (bicyclic) bond motifs is 2. The van der Waals surface area contributed by atoms with Crippen molar-refractivity contribution >= 4 is 156 Å². The molecule has 6 aromatic rings. The molecule has 0 aliphatic carbocycles. The van der Waals surface area contributed by atoms with E-state index in [1.165, 1.54) is 66.2 Å². The number of aliphatic carboxylic acids is 1. The van der Waals surface area contributed by atoms with Gasteiger partial charge in [0.1, 0.15) is 84.4 Å². The Bertz CT molecular complexity index is 5410. The minimum absolute atomic E-state index is 0.0135. The van der Waals surface area contributed by atoms with Crippen molar-refractivity contribution in [3.8, 4) is 5.75 Å². The molecular formula is C91H122N22O22S2. The number of aryl methyl sites for hydroxylation is 1. The molecule has 0 radical (unpaired) electrons. The Kier molecular flexibility index (Phi) is 39.9. The minimum atomic E-state index is -2.12. The van der Waals surface area contributed by atoms with Crippen molar-refractivity contribution in [1.29, 1.82) is 5.41 Å². The highest BCUT2D eigenvalue weighted by molar-refractivity contribution is 8.77. The zero-order chi connectivity index (χ0) is 101. The molecule has 4 heterocycles. The predicted molar refractivity (Wildman–Crippen MR) is 505 cm³/mol. The molecule has 4 aromatic carbocycles. The van der Waals surface area contributed by atoms with Gasteiger partial charge in [-0.2, -0.15) is 0 Å². The quantitative estimate of drug-likeness (QED) is 0.00808. The van der Waals surface area contributed by atoms with E-state index in [0.717, 1.165) is 51.3 Å². The highest BCUT2D eigenvalue weighted by Gasteiger charge is 2.49. The second-order valence-electron chi connectivity index (χ2n) is 34.7. The van der Waals surface area contributed by atoms with Crippen LogP contribution >= 0.6 is 21.6 Å². The van der Waals surface area contributed by atoms with E-state index >= 15 is 28.8 Å². The molecule has 26 N–H and O–H groups in total. The van der Waals surface area contributed by atoms with Gasteiger partial charge in [-0.15, -0.1) is 0 Å². The number of para-hydroxylation sites is 1. The number of nitrogens with two attached hydrogens (primary N) is 4. The van der Waals surface area contributed by atoms with Gasteiger partial charge in [0.25, 0.3) is 0 Å². The summed E-state index contributed by atoms with van der Waals surface area (Å²) in [5.41, 5.74) is 23.1. The van der Waals surface area contributed by atoms with Crippen molar-refractivity contribution in [2.45, 2.75) is 226 Å². The monoisotopic (exact) mass is 1940 g/mol. The number of amides is 17. The Balaban J connectivity index is 1.23. The number of likely N-dealkylation sites (N-methyl/N-ethyl adjacent to an activating group) is 1. The first-order chi connectivity index (χ1) is 64.7. The van der Waals surface area contributed by atoms with E-state index in [0.29, 0.717) is 38.5 Å². The number of hydrogen-bond donors (Lipinski definition) is 22. The van der Waals surface area contributed by atoms with Crippen LogP contribution in [0.2, 0.25) is 0 Å². The maximum atomic E-state index is 16.4. The Morgan fingerprint density at radius 1 is 0.620 bits per heavy atom. The third kappa shape index (κ3) is 32.9. The van der Waals surface area contributed by atoms with Gasteiger partial charge in [0.05, 0.1) is 32.0 Å². The van der Waals surface area contributed by atoms with E-state index in [1.807, 2.05) is 19.1 Å². The van der Waals surface area contributed by atoms with Crippen LogP contribution < -0.4 is 102 Å². The number of hydrogen-bond acceptors (Lipinski definition) is 25. The maximum Gasteiger partial charge on any atom is 0.303 e. The molecule has 46 heteroatoms. The second kappa shape index (κ2) is 50.5. The molecule has 2 aromatic heterocycles. The van der Waals surface area contributed by atoms with Gasteiger partial charge < -0.3 is 127 Å².